The zero-order valence-electron chi connectivity index (χ0n) is 15.6. The van der Waals surface area contributed by atoms with Crippen molar-refractivity contribution in [2.45, 2.75) is 33.7 Å². The van der Waals surface area contributed by atoms with Gasteiger partial charge in [-0.15, -0.1) is 0 Å². The van der Waals surface area contributed by atoms with E-state index in [0.717, 1.165) is 32.7 Å². The van der Waals surface area contributed by atoms with Gasteiger partial charge in [0, 0.05) is 39.1 Å². The Morgan fingerprint density at radius 2 is 1.62 bits per heavy atom. The van der Waals surface area contributed by atoms with Crippen LogP contribution in [0.5, 0.6) is 0 Å². The van der Waals surface area contributed by atoms with Crippen molar-refractivity contribution >= 4 is 17.8 Å². The normalized spacial score (nSPS) is 14.5. The van der Waals surface area contributed by atoms with Crippen molar-refractivity contribution in [2.75, 3.05) is 26.2 Å². The molecule has 0 aromatic heterocycles. The van der Waals surface area contributed by atoms with E-state index in [0.29, 0.717) is 18.2 Å². The first-order valence-electron chi connectivity index (χ1n) is 8.71. The van der Waals surface area contributed by atoms with E-state index in [2.05, 4.69) is 49.9 Å². The first kappa shape index (κ1) is 21.6. The molecule has 26 heavy (non-hydrogen) atoms. The number of carboxylic acids is 2. The Kier molecular flexibility index (Phi) is 8.78. The predicted molar refractivity (Wildman–Crippen MR) is 97.8 cm³/mol. The molecular formula is C19H28N2O5. The van der Waals surface area contributed by atoms with Crippen LogP contribution in [0.1, 0.15) is 31.4 Å². The Bertz CT molecular complexity index is 610. The van der Waals surface area contributed by atoms with E-state index in [4.69, 9.17) is 19.8 Å². The van der Waals surface area contributed by atoms with Gasteiger partial charge in [-0.1, -0.05) is 43.7 Å². The Morgan fingerprint density at radius 3 is 2.08 bits per heavy atom. The van der Waals surface area contributed by atoms with Crippen molar-refractivity contribution in [3.8, 4) is 0 Å². The standard InChI is InChI=1S/C17H26N2O.C2H2O4/c1-14(2)11-17(20)19-9-7-18(8-10-19)13-16-6-4-5-15(3)12-16;3-1(4)2(5)6/h4-6,12,14H,7-11,13H2,1-3H3;(H,3,4)(H,5,6). The molecule has 0 atom stereocenters. The fraction of sp³-hybridized carbons (Fsp3) is 0.526. The summed E-state index contributed by atoms with van der Waals surface area (Å²) < 4.78 is 0. The van der Waals surface area contributed by atoms with E-state index < -0.39 is 11.9 Å². The Morgan fingerprint density at radius 1 is 1.04 bits per heavy atom. The highest BCUT2D eigenvalue weighted by molar-refractivity contribution is 6.27. The number of carboxylic acid groups (broad SMARTS) is 2. The molecule has 7 heteroatoms. The molecule has 1 aliphatic heterocycles. The van der Waals surface area contributed by atoms with E-state index in [9.17, 15) is 4.79 Å². The van der Waals surface area contributed by atoms with Crippen LogP contribution in [0, 0.1) is 12.8 Å². The molecule has 2 N–H and O–H groups in total. The SMILES string of the molecule is Cc1cccc(CN2CCN(C(=O)CC(C)C)CC2)c1.O=C(O)C(=O)O. The molecule has 1 aromatic rings. The second-order valence-electron chi connectivity index (χ2n) is 6.85. The van der Waals surface area contributed by atoms with Gasteiger partial charge in [-0.2, -0.15) is 0 Å². The number of amides is 1. The first-order valence-corrected chi connectivity index (χ1v) is 8.71. The molecule has 2 rings (SSSR count). The number of carbonyl (C=O) groups excluding carboxylic acids is 1. The molecule has 0 aliphatic carbocycles. The molecule has 0 spiro atoms. The molecule has 0 radical (unpaired) electrons. The second kappa shape index (κ2) is 10.6. The largest absolute Gasteiger partial charge is 0.473 e. The lowest BCUT2D eigenvalue weighted by molar-refractivity contribution is -0.159. The van der Waals surface area contributed by atoms with Crippen LogP contribution >= 0.6 is 0 Å². The van der Waals surface area contributed by atoms with Crippen LogP contribution in [-0.2, 0) is 20.9 Å². The molecular weight excluding hydrogens is 336 g/mol. The molecule has 7 nitrogen and oxygen atoms in total. The topological polar surface area (TPSA) is 98.2 Å². The minimum Gasteiger partial charge on any atom is -0.473 e. The summed E-state index contributed by atoms with van der Waals surface area (Å²) in [6.07, 6.45) is 0.678. The minimum absolute atomic E-state index is 0.315. The number of aliphatic carboxylic acids is 2. The Hall–Kier alpha value is -2.41. The van der Waals surface area contributed by atoms with Gasteiger partial charge in [0.1, 0.15) is 0 Å². The fourth-order valence-electron chi connectivity index (χ4n) is 2.70. The van der Waals surface area contributed by atoms with Gasteiger partial charge in [0.25, 0.3) is 0 Å². The Labute approximate surface area is 154 Å². The highest BCUT2D eigenvalue weighted by Crippen LogP contribution is 2.12. The zero-order valence-corrected chi connectivity index (χ0v) is 15.6. The van der Waals surface area contributed by atoms with E-state index in [-0.39, 0.29) is 0 Å². The van der Waals surface area contributed by atoms with Gasteiger partial charge < -0.3 is 15.1 Å². The number of rotatable bonds is 4. The summed E-state index contributed by atoms with van der Waals surface area (Å²) in [6, 6.07) is 8.68. The summed E-state index contributed by atoms with van der Waals surface area (Å²) in [5.41, 5.74) is 2.68. The lowest BCUT2D eigenvalue weighted by Gasteiger charge is -2.35. The number of aryl methyl sites for hydroxylation is 1. The van der Waals surface area contributed by atoms with Crippen LogP contribution in [0.2, 0.25) is 0 Å². The van der Waals surface area contributed by atoms with Gasteiger partial charge in [-0.25, -0.2) is 9.59 Å². The summed E-state index contributed by atoms with van der Waals surface area (Å²) in [7, 11) is 0. The number of piperazine rings is 1. The number of carbonyl (C=O) groups is 3. The van der Waals surface area contributed by atoms with Crippen LogP contribution in [0.15, 0.2) is 24.3 Å². The highest BCUT2D eigenvalue weighted by Gasteiger charge is 2.21. The smallest absolute Gasteiger partial charge is 0.414 e. The maximum Gasteiger partial charge on any atom is 0.414 e. The van der Waals surface area contributed by atoms with Crippen molar-refractivity contribution in [3.05, 3.63) is 35.4 Å². The maximum atomic E-state index is 12.0. The zero-order chi connectivity index (χ0) is 19.7. The molecule has 0 unspecified atom stereocenters. The van der Waals surface area contributed by atoms with Crippen LogP contribution in [0.25, 0.3) is 0 Å². The van der Waals surface area contributed by atoms with Gasteiger partial charge in [0.05, 0.1) is 0 Å². The predicted octanol–water partition coefficient (Wildman–Crippen LogP) is 1.84. The second-order valence-corrected chi connectivity index (χ2v) is 6.85. The molecule has 1 saturated heterocycles. The molecule has 1 amide bonds. The minimum atomic E-state index is -1.82. The molecule has 144 valence electrons. The van der Waals surface area contributed by atoms with Gasteiger partial charge in [0.15, 0.2) is 0 Å². The van der Waals surface area contributed by atoms with E-state index in [1.54, 1.807) is 0 Å². The fourth-order valence-corrected chi connectivity index (χ4v) is 2.70. The highest BCUT2D eigenvalue weighted by atomic mass is 16.4. The molecule has 0 bridgehead atoms. The van der Waals surface area contributed by atoms with E-state index in [1.807, 2.05) is 4.90 Å². The van der Waals surface area contributed by atoms with E-state index >= 15 is 0 Å². The van der Waals surface area contributed by atoms with Crippen LogP contribution in [0.3, 0.4) is 0 Å². The lowest BCUT2D eigenvalue weighted by atomic mass is 10.1. The molecule has 0 saturated carbocycles. The number of benzene rings is 1. The quantitative estimate of drug-likeness (QED) is 0.791. The van der Waals surface area contributed by atoms with Gasteiger partial charge in [-0.3, -0.25) is 9.69 Å². The molecule has 1 fully saturated rings. The monoisotopic (exact) mass is 364 g/mol. The summed E-state index contributed by atoms with van der Waals surface area (Å²) in [5.74, 6) is -2.88. The average Bonchev–Trinajstić information content (AvgIpc) is 2.55. The third-order valence-electron chi connectivity index (χ3n) is 3.98. The average molecular weight is 364 g/mol. The Balaban J connectivity index is 0.000000487. The third-order valence-corrected chi connectivity index (χ3v) is 3.98. The van der Waals surface area contributed by atoms with Gasteiger partial charge >= 0.3 is 11.9 Å². The van der Waals surface area contributed by atoms with Crippen molar-refractivity contribution in [1.29, 1.82) is 0 Å². The van der Waals surface area contributed by atoms with Crippen molar-refractivity contribution in [3.63, 3.8) is 0 Å². The molecule has 1 aliphatic rings. The van der Waals surface area contributed by atoms with E-state index in [1.165, 1.54) is 11.1 Å². The third kappa shape index (κ3) is 8.11. The van der Waals surface area contributed by atoms with Crippen molar-refractivity contribution in [2.24, 2.45) is 5.92 Å². The van der Waals surface area contributed by atoms with Gasteiger partial charge in [-0.05, 0) is 18.4 Å². The lowest BCUT2D eigenvalue weighted by Crippen LogP contribution is -2.48. The molecule has 1 aromatic carbocycles. The number of hydrogen-bond donors (Lipinski definition) is 2. The summed E-state index contributed by atoms with van der Waals surface area (Å²) in [5, 5.41) is 14.8. The van der Waals surface area contributed by atoms with Crippen LogP contribution in [0.4, 0.5) is 0 Å². The summed E-state index contributed by atoms with van der Waals surface area (Å²) in [4.78, 5) is 34.7. The maximum absolute atomic E-state index is 12.0. The summed E-state index contributed by atoms with van der Waals surface area (Å²) >= 11 is 0. The van der Waals surface area contributed by atoms with Crippen molar-refractivity contribution < 1.29 is 24.6 Å². The number of nitrogens with zero attached hydrogens (tertiary/aromatic N) is 2. The molecule has 1 heterocycles. The van der Waals surface area contributed by atoms with Gasteiger partial charge in [0.2, 0.25) is 5.91 Å². The summed E-state index contributed by atoms with van der Waals surface area (Å²) in [6.45, 7) is 11.0. The van der Waals surface area contributed by atoms with Crippen molar-refractivity contribution in [1.82, 2.24) is 9.80 Å². The number of hydrogen-bond acceptors (Lipinski definition) is 4. The van der Waals surface area contributed by atoms with Crippen LogP contribution < -0.4 is 0 Å². The first-order chi connectivity index (χ1) is 12.2. The van der Waals surface area contributed by atoms with Crippen LogP contribution in [-0.4, -0.2) is 64.0 Å².